The van der Waals surface area contributed by atoms with E-state index in [-0.39, 0.29) is 0 Å². The van der Waals surface area contributed by atoms with Crippen LogP contribution in [-0.4, -0.2) is 0 Å². The van der Waals surface area contributed by atoms with E-state index in [1.807, 2.05) is 24.3 Å². The van der Waals surface area contributed by atoms with Crippen molar-refractivity contribution < 1.29 is 8.83 Å². The SMILES string of the molecule is c1ccc2c(c1)oc1c(Cc3ccc(-c4cccc5c4oc4ccccc45)cc3)cccc12. The van der Waals surface area contributed by atoms with E-state index in [1.54, 1.807) is 0 Å². The van der Waals surface area contributed by atoms with E-state index in [2.05, 4.69) is 84.9 Å². The molecule has 2 nitrogen and oxygen atoms in total. The summed E-state index contributed by atoms with van der Waals surface area (Å²) in [7, 11) is 0. The van der Waals surface area contributed by atoms with Gasteiger partial charge in [0.2, 0.25) is 0 Å². The lowest BCUT2D eigenvalue weighted by Gasteiger charge is -2.06. The van der Waals surface area contributed by atoms with Crippen LogP contribution in [0.25, 0.3) is 55.0 Å². The maximum atomic E-state index is 6.23. The number of furan rings is 2. The molecule has 0 unspecified atom stereocenters. The molecular formula is C31H20O2. The Morgan fingerprint density at radius 1 is 0.455 bits per heavy atom. The van der Waals surface area contributed by atoms with Gasteiger partial charge in [0.25, 0.3) is 0 Å². The van der Waals surface area contributed by atoms with Gasteiger partial charge in [-0.25, -0.2) is 0 Å². The Labute approximate surface area is 190 Å². The van der Waals surface area contributed by atoms with Gasteiger partial charge in [-0.2, -0.15) is 0 Å². The van der Waals surface area contributed by atoms with Crippen LogP contribution < -0.4 is 0 Å². The molecule has 0 atom stereocenters. The van der Waals surface area contributed by atoms with E-state index < -0.39 is 0 Å². The van der Waals surface area contributed by atoms with Crippen LogP contribution in [0.3, 0.4) is 0 Å². The molecule has 0 aliphatic carbocycles. The largest absolute Gasteiger partial charge is 0.456 e. The molecule has 0 aliphatic heterocycles. The minimum atomic E-state index is 0.826. The second-order valence-corrected chi connectivity index (χ2v) is 8.55. The third kappa shape index (κ3) is 2.88. The summed E-state index contributed by atoms with van der Waals surface area (Å²) in [5, 5.41) is 4.66. The molecule has 33 heavy (non-hydrogen) atoms. The molecule has 0 saturated carbocycles. The molecule has 0 N–H and O–H groups in total. The average Bonchev–Trinajstić information content (AvgIpc) is 3.44. The summed E-state index contributed by atoms with van der Waals surface area (Å²) in [5.41, 5.74) is 8.53. The molecule has 7 aromatic rings. The van der Waals surface area contributed by atoms with Gasteiger partial charge in [0.05, 0.1) is 0 Å². The summed E-state index contributed by atoms with van der Waals surface area (Å²) in [5.74, 6) is 0. The van der Waals surface area contributed by atoms with Crippen molar-refractivity contribution in [2.75, 3.05) is 0 Å². The van der Waals surface area contributed by atoms with Gasteiger partial charge in [0, 0.05) is 33.5 Å². The van der Waals surface area contributed by atoms with Gasteiger partial charge in [-0.05, 0) is 28.8 Å². The summed E-state index contributed by atoms with van der Waals surface area (Å²) in [6, 6.07) is 38.0. The Morgan fingerprint density at radius 2 is 1.03 bits per heavy atom. The lowest BCUT2D eigenvalue weighted by molar-refractivity contribution is 0.664. The summed E-state index contributed by atoms with van der Waals surface area (Å²) < 4.78 is 12.4. The Balaban J connectivity index is 1.27. The van der Waals surface area contributed by atoms with Crippen molar-refractivity contribution in [3.05, 3.63) is 120 Å². The van der Waals surface area contributed by atoms with Crippen LogP contribution in [0.2, 0.25) is 0 Å². The fraction of sp³-hybridized carbons (Fsp3) is 0.0323. The third-order valence-corrected chi connectivity index (χ3v) is 6.55. The molecule has 2 aromatic heterocycles. The number of fused-ring (bicyclic) bond motifs is 6. The van der Waals surface area contributed by atoms with Gasteiger partial charge < -0.3 is 8.83 Å². The molecule has 0 fully saturated rings. The quantitative estimate of drug-likeness (QED) is 0.283. The summed E-state index contributed by atoms with van der Waals surface area (Å²) in [6.45, 7) is 0. The van der Waals surface area contributed by atoms with Gasteiger partial charge >= 0.3 is 0 Å². The topological polar surface area (TPSA) is 26.3 Å². The van der Waals surface area contributed by atoms with Crippen LogP contribution in [0.5, 0.6) is 0 Å². The first kappa shape index (κ1) is 18.3. The number of para-hydroxylation sites is 4. The standard InChI is InChI=1S/C31H20O2/c1-3-13-28-24(8-1)26-11-5-7-22(30(26)32-28)19-20-15-17-21(18-16-20)23-10-6-12-27-25-9-2-4-14-29(25)33-31(23)27/h1-18H,19H2. The van der Waals surface area contributed by atoms with E-state index in [4.69, 9.17) is 8.83 Å². The highest BCUT2D eigenvalue weighted by Gasteiger charge is 2.13. The summed E-state index contributed by atoms with van der Waals surface area (Å²) in [6.07, 6.45) is 0.826. The zero-order valence-electron chi connectivity index (χ0n) is 17.9. The number of benzene rings is 5. The normalized spacial score (nSPS) is 11.8. The van der Waals surface area contributed by atoms with Crippen molar-refractivity contribution >= 4 is 43.9 Å². The minimum absolute atomic E-state index is 0.826. The lowest BCUT2D eigenvalue weighted by Crippen LogP contribution is -1.89. The first-order chi connectivity index (χ1) is 16.3. The van der Waals surface area contributed by atoms with E-state index in [0.29, 0.717) is 0 Å². The molecule has 0 aliphatic rings. The molecule has 156 valence electrons. The van der Waals surface area contributed by atoms with Crippen LogP contribution in [0.1, 0.15) is 11.1 Å². The van der Waals surface area contributed by atoms with Crippen molar-refractivity contribution in [1.82, 2.24) is 0 Å². The van der Waals surface area contributed by atoms with Crippen LogP contribution in [0, 0.1) is 0 Å². The Morgan fingerprint density at radius 3 is 1.76 bits per heavy atom. The van der Waals surface area contributed by atoms with Crippen LogP contribution >= 0.6 is 0 Å². The van der Waals surface area contributed by atoms with E-state index in [1.165, 1.54) is 21.9 Å². The van der Waals surface area contributed by atoms with Crippen molar-refractivity contribution in [2.24, 2.45) is 0 Å². The van der Waals surface area contributed by atoms with Crippen molar-refractivity contribution in [1.29, 1.82) is 0 Å². The highest BCUT2D eigenvalue weighted by Crippen LogP contribution is 2.36. The molecule has 0 saturated heterocycles. The van der Waals surface area contributed by atoms with Gasteiger partial charge in [-0.3, -0.25) is 0 Å². The van der Waals surface area contributed by atoms with Gasteiger partial charge in [0.15, 0.2) is 0 Å². The second-order valence-electron chi connectivity index (χ2n) is 8.55. The first-order valence-electron chi connectivity index (χ1n) is 11.2. The van der Waals surface area contributed by atoms with Gasteiger partial charge in [0.1, 0.15) is 22.3 Å². The lowest BCUT2D eigenvalue weighted by atomic mass is 9.98. The average molecular weight is 424 g/mol. The molecule has 0 amide bonds. The predicted octanol–water partition coefficient (Wildman–Crippen LogP) is 8.74. The molecule has 7 rings (SSSR count). The predicted molar refractivity (Wildman–Crippen MR) is 136 cm³/mol. The monoisotopic (exact) mass is 424 g/mol. The first-order valence-corrected chi connectivity index (χ1v) is 11.2. The number of rotatable bonds is 3. The summed E-state index contributed by atoms with van der Waals surface area (Å²) >= 11 is 0. The highest BCUT2D eigenvalue weighted by molar-refractivity contribution is 6.09. The molecule has 2 heterocycles. The van der Waals surface area contributed by atoms with Crippen LogP contribution in [0.4, 0.5) is 0 Å². The number of hydrogen-bond acceptors (Lipinski definition) is 2. The smallest absolute Gasteiger partial charge is 0.143 e. The van der Waals surface area contributed by atoms with Crippen molar-refractivity contribution in [2.45, 2.75) is 6.42 Å². The zero-order chi connectivity index (χ0) is 21.8. The van der Waals surface area contributed by atoms with Gasteiger partial charge in [-0.1, -0.05) is 97.1 Å². The molecular weight excluding hydrogens is 404 g/mol. The Bertz CT molecular complexity index is 1780. The highest BCUT2D eigenvalue weighted by atomic mass is 16.3. The van der Waals surface area contributed by atoms with Crippen molar-refractivity contribution in [3.8, 4) is 11.1 Å². The molecule has 2 heteroatoms. The van der Waals surface area contributed by atoms with Crippen LogP contribution in [-0.2, 0) is 6.42 Å². The molecule has 0 bridgehead atoms. The molecule has 5 aromatic carbocycles. The Hall–Kier alpha value is -4.30. The molecule has 0 radical (unpaired) electrons. The van der Waals surface area contributed by atoms with E-state index in [0.717, 1.165) is 50.7 Å². The fourth-order valence-corrected chi connectivity index (χ4v) is 4.94. The van der Waals surface area contributed by atoms with Gasteiger partial charge in [-0.15, -0.1) is 0 Å². The number of hydrogen-bond donors (Lipinski definition) is 0. The zero-order valence-corrected chi connectivity index (χ0v) is 17.9. The van der Waals surface area contributed by atoms with Crippen molar-refractivity contribution in [3.63, 3.8) is 0 Å². The Kier molecular flexibility index (Phi) is 3.94. The summed E-state index contributed by atoms with van der Waals surface area (Å²) in [4.78, 5) is 0. The second kappa shape index (κ2) is 7.11. The fourth-order valence-electron chi connectivity index (χ4n) is 4.94. The van der Waals surface area contributed by atoms with Crippen LogP contribution in [0.15, 0.2) is 118 Å². The van der Waals surface area contributed by atoms with E-state index >= 15 is 0 Å². The maximum Gasteiger partial charge on any atom is 0.143 e. The maximum absolute atomic E-state index is 6.23. The third-order valence-electron chi connectivity index (χ3n) is 6.55. The van der Waals surface area contributed by atoms with E-state index in [9.17, 15) is 0 Å². The molecule has 0 spiro atoms. The minimum Gasteiger partial charge on any atom is -0.456 e.